The van der Waals surface area contributed by atoms with E-state index >= 15 is 0 Å². The average Bonchev–Trinajstić information content (AvgIpc) is 3.43. The number of fused-ring (bicyclic) bond motifs is 1. The number of carbonyl (C=O) groups is 3. The Kier molecular flexibility index (Phi) is 12.2. The van der Waals surface area contributed by atoms with Crippen molar-refractivity contribution in [3.63, 3.8) is 0 Å². The van der Waals surface area contributed by atoms with Crippen LogP contribution in [0.5, 0.6) is 0 Å². The van der Waals surface area contributed by atoms with Gasteiger partial charge in [0.05, 0.1) is 5.02 Å². The fourth-order valence-corrected chi connectivity index (χ4v) is 7.13. The number of carbonyl (C=O) groups excluding carboxylic acids is 3. The number of aromatic nitrogens is 1. The number of anilines is 2. The fraction of sp³-hybridized carbons (Fsp3) is 0.290. The zero-order valence-corrected chi connectivity index (χ0v) is 28.1. The third-order valence-corrected chi connectivity index (χ3v) is 10.6. The molecule has 1 fully saturated rings. The SMILES string of the molecule is CC(=O)NO[As](=O)(OO)c1ccccc1.CN(C)C1CCC(C(=O)Nc2c(C(=O)Nc3ccc(Cl)cn3)oc3ccccc23)CC1. The van der Waals surface area contributed by atoms with Crippen LogP contribution in [-0.4, -0.2) is 67.2 Å². The quantitative estimate of drug-likeness (QED) is 0.109. The molecule has 15 heteroatoms. The predicted octanol–water partition coefficient (Wildman–Crippen LogP) is 4.61. The van der Waals surface area contributed by atoms with Crippen LogP contribution in [-0.2, 0) is 21.0 Å². The molecule has 0 bridgehead atoms. The van der Waals surface area contributed by atoms with Gasteiger partial charge in [0.1, 0.15) is 17.1 Å². The summed E-state index contributed by atoms with van der Waals surface area (Å²) in [5.74, 6) is -0.800. The van der Waals surface area contributed by atoms with Crippen molar-refractivity contribution in [2.75, 3.05) is 24.7 Å². The van der Waals surface area contributed by atoms with Crippen molar-refractivity contribution in [1.82, 2.24) is 15.4 Å². The van der Waals surface area contributed by atoms with Gasteiger partial charge in [-0.25, -0.2) is 4.98 Å². The number of nitrogens with one attached hydrogen (secondary N) is 3. The van der Waals surface area contributed by atoms with Crippen LogP contribution in [0.15, 0.2) is 77.3 Å². The number of hydrogen-bond donors (Lipinski definition) is 4. The molecular formula is C31H35AsClN5O8. The summed E-state index contributed by atoms with van der Waals surface area (Å²) >= 11 is 1.31. The molecule has 244 valence electrons. The van der Waals surface area contributed by atoms with E-state index in [1.165, 1.54) is 25.3 Å². The Labute approximate surface area is 273 Å². The fourth-order valence-electron chi connectivity index (χ4n) is 4.88. The molecule has 0 spiro atoms. The molecule has 3 amide bonds. The van der Waals surface area contributed by atoms with Crippen LogP contribution in [0.3, 0.4) is 0 Å². The first-order chi connectivity index (χ1) is 22.0. The summed E-state index contributed by atoms with van der Waals surface area (Å²) in [5.41, 5.74) is 2.80. The van der Waals surface area contributed by atoms with Crippen LogP contribution in [0, 0.1) is 5.92 Å². The molecule has 1 aliphatic carbocycles. The first-order valence-electron chi connectivity index (χ1n) is 14.4. The van der Waals surface area contributed by atoms with Gasteiger partial charge in [-0.2, -0.15) is 0 Å². The van der Waals surface area contributed by atoms with Gasteiger partial charge in [0.25, 0.3) is 5.91 Å². The molecule has 5 rings (SSSR count). The molecule has 0 aliphatic heterocycles. The molecule has 2 aromatic carbocycles. The monoisotopic (exact) mass is 715 g/mol. The van der Waals surface area contributed by atoms with E-state index in [2.05, 4.69) is 42.3 Å². The Morgan fingerprint density at radius 3 is 2.26 bits per heavy atom. The van der Waals surface area contributed by atoms with E-state index in [1.54, 1.807) is 36.4 Å². The Morgan fingerprint density at radius 2 is 1.65 bits per heavy atom. The molecule has 4 aromatic rings. The molecule has 4 N–H and O–H groups in total. The number of rotatable bonds is 9. The van der Waals surface area contributed by atoms with E-state index in [-0.39, 0.29) is 21.9 Å². The van der Waals surface area contributed by atoms with Gasteiger partial charge in [0, 0.05) is 23.5 Å². The van der Waals surface area contributed by atoms with E-state index in [9.17, 15) is 18.1 Å². The molecule has 1 atom stereocenters. The van der Waals surface area contributed by atoms with Gasteiger partial charge in [-0.05, 0) is 64.0 Å². The maximum Gasteiger partial charge on any atom is 0.294 e. The van der Waals surface area contributed by atoms with Crippen molar-refractivity contribution in [3.05, 3.63) is 83.7 Å². The number of benzene rings is 2. The Balaban J connectivity index is 0.000000270. The molecular weight excluding hydrogens is 681 g/mol. The zero-order chi connectivity index (χ0) is 33.3. The summed E-state index contributed by atoms with van der Waals surface area (Å²) in [6.45, 7) is 1.18. The number of hydrogen-bond acceptors (Lipinski definition) is 10. The van der Waals surface area contributed by atoms with Crippen LogP contribution < -0.4 is 20.5 Å². The largest absolute Gasteiger partial charge is 0.449 e. The number of pyridine rings is 1. The second-order valence-corrected chi connectivity index (χ2v) is 15.1. The summed E-state index contributed by atoms with van der Waals surface area (Å²) in [6, 6.07) is 18.9. The number of para-hydroxylation sites is 1. The molecule has 1 saturated carbocycles. The first-order valence-corrected chi connectivity index (χ1v) is 18.0. The van der Waals surface area contributed by atoms with Gasteiger partial charge in [-0.15, -0.1) is 0 Å². The van der Waals surface area contributed by atoms with Gasteiger partial charge >= 0.3 is 88.7 Å². The molecule has 2 aromatic heterocycles. The molecule has 1 aliphatic rings. The van der Waals surface area contributed by atoms with Crippen LogP contribution >= 0.6 is 11.6 Å². The molecule has 46 heavy (non-hydrogen) atoms. The van der Waals surface area contributed by atoms with Crippen molar-refractivity contribution in [3.8, 4) is 0 Å². The van der Waals surface area contributed by atoms with Crippen molar-refractivity contribution in [1.29, 1.82) is 0 Å². The van der Waals surface area contributed by atoms with Crippen molar-refractivity contribution in [2.45, 2.75) is 38.6 Å². The van der Waals surface area contributed by atoms with E-state index in [0.717, 1.165) is 25.7 Å². The number of amides is 3. The van der Waals surface area contributed by atoms with Crippen molar-refractivity contribution < 1.29 is 35.5 Å². The topological polar surface area (TPSA) is 172 Å². The van der Waals surface area contributed by atoms with E-state index in [0.29, 0.717) is 33.5 Å². The smallest absolute Gasteiger partial charge is 0.294 e. The minimum Gasteiger partial charge on any atom is -0.449 e. The Morgan fingerprint density at radius 1 is 0.978 bits per heavy atom. The summed E-state index contributed by atoms with van der Waals surface area (Å²) < 4.78 is 26.3. The van der Waals surface area contributed by atoms with Crippen LogP contribution in [0.4, 0.5) is 11.5 Å². The van der Waals surface area contributed by atoms with E-state index in [1.807, 2.05) is 23.7 Å². The number of hydroxylamine groups is 1. The second kappa shape index (κ2) is 16.0. The van der Waals surface area contributed by atoms with Crippen LogP contribution in [0.25, 0.3) is 11.0 Å². The van der Waals surface area contributed by atoms with Gasteiger partial charge in [-0.3, -0.25) is 9.59 Å². The molecule has 1 unspecified atom stereocenters. The van der Waals surface area contributed by atoms with Gasteiger partial charge in [-0.1, -0.05) is 23.7 Å². The van der Waals surface area contributed by atoms with Crippen molar-refractivity contribution >= 4 is 70.3 Å². The van der Waals surface area contributed by atoms with Gasteiger partial charge in [0.15, 0.2) is 0 Å². The zero-order valence-electron chi connectivity index (χ0n) is 25.4. The van der Waals surface area contributed by atoms with Gasteiger partial charge < -0.3 is 20.0 Å². The summed E-state index contributed by atoms with van der Waals surface area (Å²) in [6.07, 6.45) is 5.05. The van der Waals surface area contributed by atoms with Crippen LogP contribution in [0.1, 0.15) is 43.2 Å². The third kappa shape index (κ3) is 9.06. The molecule has 13 nitrogen and oxygen atoms in total. The molecule has 0 saturated heterocycles. The van der Waals surface area contributed by atoms with Crippen molar-refractivity contribution in [2.24, 2.45) is 5.92 Å². The Hall–Kier alpha value is -3.97. The number of nitrogens with zero attached hydrogens (tertiary/aromatic N) is 2. The first kappa shape index (κ1) is 34.9. The minimum absolute atomic E-state index is 0.0493. The third-order valence-electron chi connectivity index (χ3n) is 7.31. The van der Waals surface area contributed by atoms with E-state index < -0.39 is 26.0 Å². The number of halogens is 1. The maximum absolute atomic E-state index is 13.0. The second-order valence-electron chi connectivity index (χ2n) is 10.7. The Bertz CT molecular complexity index is 1690. The summed E-state index contributed by atoms with van der Waals surface area (Å²) in [4.78, 5) is 42.8. The predicted molar refractivity (Wildman–Crippen MR) is 173 cm³/mol. The minimum atomic E-state index is -4.55. The summed E-state index contributed by atoms with van der Waals surface area (Å²) in [7, 11) is 4.15. The maximum atomic E-state index is 13.0. The molecule has 2 heterocycles. The summed E-state index contributed by atoms with van der Waals surface area (Å²) in [5, 5.41) is 15.4. The number of furan rings is 1. The standard InChI is InChI=1S/C23H25ClN4O3.C8H10AsNO5/c1-28(2)16-10-7-14(8-11-16)22(29)27-20-17-5-3-4-6-18(17)31-21(20)23(30)26-19-12-9-15(24)13-25-19;1-7(11)10-14-9(12,15-13)8-5-3-2-4-6-8/h3-6,9,12-14,16H,7-8,10-11H2,1-2H3,(H,27,29)(H,25,26,30);2-6,13H,1H3,(H,10,11). The average molecular weight is 716 g/mol. The van der Waals surface area contributed by atoms with E-state index in [4.69, 9.17) is 21.3 Å². The van der Waals surface area contributed by atoms with Gasteiger partial charge in [0.2, 0.25) is 11.7 Å². The normalized spacial score (nSPS) is 17.3. The van der Waals surface area contributed by atoms with Crippen LogP contribution in [0.2, 0.25) is 5.02 Å². The molecule has 0 radical (unpaired) electrons.